The van der Waals surface area contributed by atoms with Crippen molar-refractivity contribution < 1.29 is 9.90 Å². The van der Waals surface area contributed by atoms with E-state index < -0.39 is 5.54 Å². The molecule has 4 N–H and O–H groups in total. The van der Waals surface area contributed by atoms with Crippen molar-refractivity contribution in [3.8, 4) is 0 Å². The lowest BCUT2D eigenvalue weighted by Gasteiger charge is -2.28. The summed E-state index contributed by atoms with van der Waals surface area (Å²) in [6.07, 6.45) is 3.70. The van der Waals surface area contributed by atoms with E-state index in [1.165, 1.54) is 0 Å². The van der Waals surface area contributed by atoms with Crippen molar-refractivity contribution >= 4 is 23.2 Å². The van der Waals surface area contributed by atoms with Crippen LogP contribution in [0.5, 0.6) is 0 Å². The molecule has 0 atom stereocenters. The molecule has 0 radical (unpaired) electrons. The smallest absolute Gasteiger partial charge is 0.251 e. The minimum atomic E-state index is -0.467. The average molecular weight is 269 g/mol. The molecule has 1 aromatic rings. The molecule has 0 spiro atoms. The average Bonchev–Trinajstić information content (AvgIpc) is 2.82. The third-order valence-corrected chi connectivity index (χ3v) is 3.83. The number of benzene rings is 1. The molecular weight excluding hydrogens is 252 g/mol. The summed E-state index contributed by atoms with van der Waals surface area (Å²) in [5, 5.41) is 12.7. The number of carbonyl (C=O) groups is 1. The Kier molecular flexibility index (Phi) is 3.78. The minimum Gasteiger partial charge on any atom is -0.398 e. The second-order valence-electron chi connectivity index (χ2n) is 4.84. The van der Waals surface area contributed by atoms with Gasteiger partial charge >= 0.3 is 0 Å². The van der Waals surface area contributed by atoms with E-state index >= 15 is 0 Å². The maximum absolute atomic E-state index is 12.1. The van der Waals surface area contributed by atoms with Gasteiger partial charge in [0.15, 0.2) is 0 Å². The molecule has 5 heteroatoms. The number of aliphatic hydroxyl groups is 1. The van der Waals surface area contributed by atoms with Gasteiger partial charge in [0.1, 0.15) is 0 Å². The van der Waals surface area contributed by atoms with E-state index in [9.17, 15) is 9.90 Å². The van der Waals surface area contributed by atoms with Crippen LogP contribution in [0.1, 0.15) is 36.0 Å². The highest BCUT2D eigenvalue weighted by atomic mass is 35.5. The zero-order chi connectivity index (χ0) is 13.2. The van der Waals surface area contributed by atoms with Gasteiger partial charge in [-0.15, -0.1) is 0 Å². The number of hydrogen-bond donors (Lipinski definition) is 3. The third-order valence-electron chi connectivity index (χ3n) is 3.50. The van der Waals surface area contributed by atoms with E-state index in [2.05, 4.69) is 5.32 Å². The topological polar surface area (TPSA) is 75.4 Å². The molecule has 1 aromatic carbocycles. The molecule has 0 bridgehead atoms. The van der Waals surface area contributed by atoms with E-state index in [1.807, 2.05) is 0 Å². The van der Waals surface area contributed by atoms with E-state index in [0.29, 0.717) is 16.3 Å². The van der Waals surface area contributed by atoms with E-state index in [0.717, 1.165) is 25.7 Å². The molecule has 0 heterocycles. The van der Waals surface area contributed by atoms with Crippen LogP contribution in [-0.2, 0) is 0 Å². The standard InChI is InChI=1S/C13H17ClN2O2/c14-10-7-9(3-4-11(10)15)12(18)16-13(8-17)5-1-2-6-13/h3-4,7,17H,1-2,5-6,8,15H2,(H,16,18). The Bertz CT molecular complexity index is 456. The lowest BCUT2D eigenvalue weighted by molar-refractivity contribution is 0.0838. The molecule has 0 aliphatic heterocycles. The molecule has 0 saturated heterocycles. The molecule has 4 nitrogen and oxygen atoms in total. The summed E-state index contributed by atoms with van der Waals surface area (Å²) < 4.78 is 0. The summed E-state index contributed by atoms with van der Waals surface area (Å²) in [5.74, 6) is -0.215. The molecule has 1 aliphatic rings. The largest absolute Gasteiger partial charge is 0.398 e. The Morgan fingerprint density at radius 3 is 2.67 bits per heavy atom. The molecule has 1 aliphatic carbocycles. The van der Waals surface area contributed by atoms with Crippen molar-refractivity contribution in [2.75, 3.05) is 12.3 Å². The van der Waals surface area contributed by atoms with Crippen LogP contribution < -0.4 is 11.1 Å². The summed E-state index contributed by atoms with van der Waals surface area (Å²) in [4.78, 5) is 12.1. The van der Waals surface area contributed by atoms with E-state index in [4.69, 9.17) is 17.3 Å². The molecular formula is C13H17ClN2O2. The highest BCUT2D eigenvalue weighted by molar-refractivity contribution is 6.33. The number of nitrogen functional groups attached to an aromatic ring is 1. The van der Waals surface area contributed by atoms with Crippen LogP contribution in [0.15, 0.2) is 18.2 Å². The highest BCUT2D eigenvalue weighted by Crippen LogP contribution is 2.29. The molecule has 98 valence electrons. The SMILES string of the molecule is Nc1ccc(C(=O)NC2(CO)CCCC2)cc1Cl. The van der Waals surface area contributed by atoms with Gasteiger partial charge in [-0.25, -0.2) is 0 Å². The number of aliphatic hydroxyl groups excluding tert-OH is 1. The fourth-order valence-electron chi connectivity index (χ4n) is 2.36. The number of carbonyl (C=O) groups excluding carboxylic acids is 1. The Morgan fingerprint density at radius 1 is 1.44 bits per heavy atom. The molecule has 2 rings (SSSR count). The first-order chi connectivity index (χ1) is 8.56. The van der Waals surface area contributed by atoms with Crippen molar-refractivity contribution in [3.63, 3.8) is 0 Å². The second-order valence-corrected chi connectivity index (χ2v) is 5.24. The normalized spacial score (nSPS) is 17.7. The monoisotopic (exact) mass is 268 g/mol. The van der Waals surface area contributed by atoms with Gasteiger partial charge in [-0.3, -0.25) is 4.79 Å². The summed E-state index contributed by atoms with van der Waals surface area (Å²) in [5.41, 5.74) is 6.05. The lowest BCUT2D eigenvalue weighted by Crippen LogP contribution is -2.49. The maximum Gasteiger partial charge on any atom is 0.251 e. The number of rotatable bonds is 3. The number of hydrogen-bond acceptors (Lipinski definition) is 3. The highest BCUT2D eigenvalue weighted by Gasteiger charge is 2.34. The molecule has 1 fully saturated rings. The van der Waals surface area contributed by atoms with Crippen molar-refractivity contribution in [3.05, 3.63) is 28.8 Å². The molecule has 0 unspecified atom stereocenters. The van der Waals surface area contributed by atoms with Gasteiger partial charge in [0.05, 0.1) is 22.9 Å². The van der Waals surface area contributed by atoms with Crippen molar-refractivity contribution in [2.45, 2.75) is 31.2 Å². The van der Waals surface area contributed by atoms with Crippen LogP contribution in [0.3, 0.4) is 0 Å². The van der Waals surface area contributed by atoms with Crippen LogP contribution in [0, 0.1) is 0 Å². The van der Waals surface area contributed by atoms with Crippen LogP contribution in [0.25, 0.3) is 0 Å². The van der Waals surface area contributed by atoms with Gasteiger partial charge in [0.25, 0.3) is 5.91 Å². The predicted octanol–water partition coefficient (Wildman–Crippen LogP) is 1.96. The summed E-state index contributed by atoms with van der Waals surface area (Å²) in [7, 11) is 0. The van der Waals surface area contributed by atoms with Gasteiger partial charge in [-0.05, 0) is 31.0 Å². The Hall–Kier alpha value is -1.26. The zero-order valence-electron chi connectivity index (χ0n) is 10.1. The fourth-order valence-corrected chi connectivity index (χ4v) is 2.54. The van der Waals surface area contributed by atoms with Crippen LogP contribution in [0.4, 0.5) is 5.69 Å². The van der Waals surface area contributed by atoms with Crippen molar-refractivity contribution in [1.29, 1.82) is 0 Å². The van der Waals surface area contributed by atoms with Gasteiger partial charge in [-0.1, -0.05) is 24.4 Å². The molecule has 0 aromatic heterocycles. The zero-order valence-corrected chi connectivity index (χ0v) is 10.8. The van der Waals surface area contributed by atoms with Crippen LogP contribution >= 0.6 is 11.6 Å². The Balaban J connectivity index is 2.13. The third kappa shape index (κ3) is 2.60. The lowest BCUT2D eigenvalue weighted by atomic mass is 9.98. The fraction of sp³-hybridized carbons (Fsp3) is 0.462. The number of amides is 1. The van der Waals surface area contributed by atoms with Gasteiger partial charge in [0.2, 0.25) is 0 Å². The van der Waals surface area contributed by atoms with Crippen molar-refractivity contribution in [1.82, 2.24) is 5.32 Å². The summed E-state index contributed by atoms with van der Waals surface area (Å²) >= 11 is 5.89. The Morgan fingerprint density at radius 2 is 2.11 bits per heavy atom. The number of nitrogens with one attached hydrogen (secondary N) is 1. The van der Waals surface area contributed by atoms with Crippen LogP contribution in [0.2, 0.25) is 5.02 Å². The first-order valence-corrected chi connectivity index (χ1v) is 6.42. The molecule has 1 saturated carbocycles. The van der Waals surface area contributed by atoms with Gasteiger partial charge in [0, 0.05) is 5.56 Å². The first-order valence-electron chi connectivity index (χ1n) is 6.05. The Labute approximate surface area is 111 Å². The van der Waals surface area contributed by atoms with Gasteiger partial charge in [-0.2, -0.15) is 0 Å². The minimum absolute atomic E-state index is 0.0263. The quantitative estimate of drug-likeness (QED) is 0.734. The summed E-state index contributed by atoms with van der Waals surface area (Å²) in [6, 6.07) is 4.79. The second kappa shape index (κ2) is 5.16. The predicted molar refractivity (Wildman–Crippen MR) is 71.6 cm³/mol. The number of halogens is 1. The van der Waals surface area contributed by atoms with E-state index in [-0.39, 0.29) is 12.5 Å². The first kappa shape index (κ1) is 13.2. The number of anilines is 1. The number of nitrogens with two attached hydrogens (primary N) is 1. The van der Waals surface area contributed by atoms with E-state index in [1.54, 1.807) is 18.2 Å². The van der Waals surface area contributed by atoms with Gasteiger partial charge < -0.3 is 16.2 Å². The van der Waals surface area contributed by atoms with Crippen LogP contribution in [-0.4, -0.2) is 23.2 Å². The van der Waals surface area contributed by atoms with Crippen molar-refractivity contribution in [2.24, 2.45) is 0 Å². The summed E-state index contributed by atoms with van der Waals surface area (Å²) in [6.45, 7) is -0.0263. The molecule has 1 amide bonds. The maximum atomic E-state index is 12.1. The molecule has 18 heavy (non-hydrogen) atoms.